The van der Waals surface area contributed by atoms with E-state index in [1.807, 2.05) is 25.1 Å². The molecule has 0 radical (unpaired) electrons. The maximum Gasteiger partial charge on any atom is 0.363 e. The van der Waals surface area contributed by atoms with Gasteiger partial charge in [-0.2, -0.15) is 0 Å². The van der Waals surface area contributed by atoms with E-state index in [1.54, 1.807) is 12.1 Å². The van der Waals surface area contributed by atoms with E-state index in [2.05, 4.69) is 59.4 Å². The number of furan rings is 1. The Balaban J connectivity index is 1.95. The van der Waals surface area contributed by atoms with E-state index in [0.717, 1.165) is 19.2 Å². The van der Waals surface area contributed by atoms with Crippen molar-refractivity contribution in [2.24, 2.45) is 4.99 Å². The summed E-state index contributed by atoms with van der Waals surface area (Å²) in [6.07, 6.45) is 1.55. The second-order valence-electron chi connectivity index (χ2n) is 4.57. The molecule has 7 heteroatoms. The number of rotatable bonds is 2. The fraction of sp³-hybridized carbons (Fsp3) is 0.0667. The van der Waals surface area contributed by atoms with E-state index in [1.165, 1.54) is 0 Å². The molecule has 0 saturated heterocycles. The van der Waals surface area contributed by atoms with Crippen molar-refractivity contribution in [3.63, 3.8) is 0 Å². The van der Waals surface area contributed by atoms with Gasteiger partial charge in [0.15, 0.2) is 10.4 Å². The molecular formula is C15H8Br2INO3. The average Bonchev–Trinajstić information content (AvgIpc) is 2.97. The normalized spacial score (nSPS) is 16.1. The monoisotopic (exact) mass is 535 g/mol. The van der Waals surface area contributed by atoms with Gasteiger partial charge in [0.05, 0.1) is 4.47 Å². The summed E-state index contributed by atoms with van der Waals surface area (Å²) in [6.45, 7) is 2.00. The number of hydrogen-bond acceptors (Lipinski definition) is 4. The lowest BCUT2D eigenvalue weighted by molar-refractivity contribution is -0.129. The molecule has 1 aromatic carbocycles. The van der Waals surface area contributed by atoms with E-state index in [4.69, 9.17) is 9.15 Å². The van der Waals surface area contributed by atoms with E-state index in [9.17, 15) is 4.79 Å². The van der Waals surface area contributed by atoms with Crippen molar-refractivity contribution >= 4 is 72.4 Å². The first-order valence-electron chi connectivity index (χ1n) is 6.18. The number of carbonyl (C=O) groups excluding carboxylic acids is 1. The molecule has 0 saturated carbocycles. The summed E-state index contributed by atoms with van der Waals surface area (Å²) >= 11 is 8.82. The average molecular weight is 537 g/mol. The van der Waals surface area contributed by atoms with Crippen LogP contribution in [0.5, 0.6) is 0 Å². The number of nitrogens with zero attached hydrogens (tertiary/aromatic N) is 1. The molecule has 22 heavy (non-hydrogen) atoms. The molecule has 0 atom stereocenters. The Morgan fingerprint density at radius 2 is 2.05 bits per heavy atom. The Kier molecular flexibility index (Phi) is 4.56. The highest BCUT2D eigenvalue weighted by atomic mass is 127. The third-order valence-corrected chi connectivity index (χ3v) is 5.89. The van der Waals surface area contributed by atoms with Crippen LogP contribution >= 0.6 is 54.5 Å². The number of carbonyl (C=O) groups is 1. The molecule has 0 fully saturated rings. The lowest BCUT2D eigenvalue weighted by atomic mass is 10.1. The molecule has 0 N–H and O–H groups in total. The van der Waals surface area contributed by atoms with Gasteiger partial charge < -0.3 is 9.15 Å². The Labute approximate surface area is 157 Å². The summed E-state index contributed by atoms with van der Waals surface area (Å²) in [5, 5.41) is 0. The Hall–Kier alpha value is -0.930. The van der Waals surface area contributed by atoms with Gasteiger partial charge in [-0.3, -0.25) is 0 Å². The van der Waals surface area contributed by atoms with E-state index in [0.29, 0.717) is 16.3 Å². The molecule has 3 rings (SSSR count). The van der Waals surface area contributed by atoms with Crippen LogP contribution in [0.25, 0.3) is 6.08 Å². The van der Waals surface area contributed by atoms with Crippen LogP contribution in [0, 0.1) is 10.5 Å². The SMILES string of the molecule is Cc1cc(C2=N/C(=C\c3cc(Br)c(Br)o3)C(=O)O2)ccc1I. The first kappa shape index (κ1) is 15.9. The number of esters is 1. The highest BCUT2D eigenvalue weighted by Gasteiger charge is 2.25. The van der Waals surface area contributed by atoms with Crippen LogP contribution in [0.2, 0.25) is 0 Å². The highest BCUT2D eigenvalue weighted by molar-refractivity contribution is 14.1. The van der Waals surface area contributed by atoms with Crippen molar-refractivity contribution in [3.05, 3.63) is 59.6 Å². The van der Waals surface area contributed by atoms with E-state index >= 15 is 0 Å². The first-order chi connectivity index (χ1) is 10.4. The van der Waals surface area contributed by atoms with Crippen LogP contribution in [0.15, 0.2) is 48.5 Å². The van der Waals surface area contributed by atoms with Gasteiger partial charge in [-0.1, -0.05) is 0 Å². The Morgan fingerprint density at radius 3 is 2.68 bits per heavy atom. The predicted molar refractivity (Wildman–Crippen MR) is 98.6 cm³/mol. The summed E-state index contributed by atoms with van der Waals surface area (Å²) < 4.78 is 13.1. The minimum Gasteiger partial charge on any atom is -0.449 e. The second-order valence-corrected chi connectivity index (χ2v) is 7.31. The summed E-state index contributed by atoms with van der Waals surface area (Å²) in [5.74, 6) is 0.324. The summed E-state index contributed by atoms with van der Waals surface area (Å²) in [6, 6.07) is 7.53. The van der Waals surface area contributed by atoms with Crippen LogP contribution in [0.3, 0.4) is 0 Å². The van der Waals surface area contributed by atoms with Gasteiger partial charge >= 0.3 is 5.97 Å². The molecule has 1 aliphatic rings. The minimum absolute atomic E-state index is 0.208. The molecular weight excluding hydrogens is 529 g/mol. The number of hydrogen-bond donors (Lipinski definition) is 0. The van der Waals surface area contributed by atoms with Gasteiger partial charge in [-0.25, -0.2) is 9.79 Å². The smallest absolute Gasteiger partial charge is 0.363 e. The highest BCUT2D eigenvalue weighted by Crippen LogP contribution is 2.29. The van der Waals surface area contributed by atoms with Gasteiger partial charge in [0.25, 0.3) is 0 Å². The third-order valence-electron chi connectivity index (χ3n) is 2.97. The maximum atomic E-state index is 11.9. The molecule has 2 aromatic rings. The molecule has 0 bridgehead atoms. The van der Waals surface area contributed by atoms with Gasteiger partial charge in [-0.05, 0) is 91.2 Å². The van der Waals surface area contributed by atoms with Gasteiger partial charge in [0.1, 0.15) is 5.76 Å². The molecule has 0 aliphatic carbocycles. The number of aryl methyl sites for hydroxylation is 1. The zero-order valence-corrected chi connectivity index (χ0v) is 16.5. The fourth-order valence-corrected chi connectivity index (χ4v) is 2.82. The van der Waals surface area contributed by atoms with Gasteiger partial charge in [0.2, 0.25) is 5.90 Å². The van der Waals surface area contributed by atoms with Gasteiger partial charge in [0, 0.05) is 15.2 Å². The van der Waals surface area contributed by atoms with Crippen molar-refractivity contribution in [1.82, 2.24) is 0 Å². The van der Waals surface area contributed by atoms with Crippen LogP contribution in [-0.2, 0) is 9.53 Å². The fourth-order valence-electron chi connectivity index (χ4n) is 1.88. The summed E-state index contributed by atoms with van der Waals surface area (Å²) in [7, 11) is 0. The van der Waals surface area contributed by atoms with Crippen LogP contribution < -0.4 is 0 Å². The quantitative estimate of drug-likeness (QED) is 0.306. The number of ether oxygens (including phenoxy) is 1. The van der Waals surface area contributed by atoms with Gasteiger partial charge in [-0.15, -0.1) is 0 Å². The van der Waals surface area contributed by atoms with Crippen LogP contribution in [0.1, 0.15) is 16.9 Å². The van der Waals surface area contributed by atoms with E-state index < -0.39 is 5.97 Å². The molecule has 2 heterocycles. The molecule has 1 aliphatic heterocycles. The standard InChI is InChI=1S/C15H8Br2INO3/c1-7-4-8(2-3-11(7)18)14-19-12(15(20)22-14)6-9-5-10(16)13(17)21-9/h2-6H,1H3/b12-6-. The molecule has 0 amide bonds. The molecule has 0 spiro atoms. The van der Waals surface area contributed by atoms with E-state index in [-0.39, 0.29) is 5.70 Å². The molecule has 112 valence electrons. The first-order valence-corrected chi connectivity index (χ1v) is 8.84. The number of halogens is 3. The lowest BCUT2D eigenvalue weighted by Gasteiger charge is -2.02. The summed E-state index contributed by atoms with van der Waals surface area (Å²) in [4.78, 5) is 16.2. The zero-order valence-electron chi connectivity index (χ0n) is 11.2. The number of benzene rings is 1. The Bertz CT molecular complexity index is 820. The largest absolute Gasteiger partial charge is 0.449 e. The molecule has 4 nitrogen and oxygen atoms in total. The lowest BCUT2D eigenvalue weighted by Crippen LogP contribution is -2.05. The van der Waals surface area contributed by atoms with Crippen molar-refractivity contribution in [3.8, 4) is 0 Å². The summed E-state index contributed by atoms with van der Waals surface area (Å²) in [5.41, 5.74) is 2.09. The minimum atomic E-state index is -0.491. The van der Waals surface area contributed by atoms with Crippen molar-refractivity contribution in [2.75, 3.05) is 0 Å². The predicted octanol–water partition coefficient (Wildman–Crippen LogP) is 5.06. The second kappa shape index (κ2) is 6.29. The number of cyclic esters (lactones) is 1. The van der Waals surface area contributed by atoms with Crippen LogP contribution in [-0.4, -0.2) is 11.9 Å². The zero-order chi connectivity index (χ0) is 15.9. The van der Waals surface area contributed by atoms with Crippen molar-refractivity contribution in [2.45, 2.75) is 6.92 Å². The molecule has 0 unspecified atom stereocenters. The maximum absolute atomic E-state index is 11.9. The van der Waals surface area contributed by atoms with Crippen molar-refractivity contribution < 1.29 is 13.9 Å². The van der Waals surface area contributed by atoms with Crippen molar-refractivity contribution in [1.29, 1.82) is 0 Å². The number of aliphatic imine (C=N–C) groups is 1. The topological polar surface area (TPSA) is 51.8 Å². The van der Waals surface area contributed by atoms with Crippen LogP contribution in [0.4, 0.5) is 0 Å². The third kappa shape index (κ3) is 3.21. The molecule has 1 aromatic heterocycles. The Morgan fingerprint density at radius 1 is 1.27 bits per heavy atom.